The molecule has 3 aromatic carbocycles. The highest BCUT2D eigenvalue weighted by Crippen LogP contribution is 2.40. The summed E-state index contributed by atoms with van der Waals surface area (Å²) < 4.78 is 88.1. The Balaban J connectivity index is 1.39. The first-order chi connectivity index (χ1) is 24.5. The van der Waals surface area contributed by atoms with Gasteiger partial charge in [0.1, 0.15) is 16.7 Å². The fraction of sp³-hybridized carbons (Fsp3) is 0.314. The molecule has 17 heteroatoms. The predicted octanol–water partition coefficient (Wildman–Crippen LogP) is 6.95. The zero-order valence-corrected chi connectivity index (χ0v) is 29.1. The molecule has 0 atom stereocenters. The monoisotopic (exact) mass is 766 g/mol. The third-order valence-electron chi connectivity index (χ3n) is 8.33. The van der Waals surface area contributed by atoms with Crippen molar-refractivity contribution >= 4 is 57.8 Å². The zero-order chi connectivity index (χ0) is 37.8. The van der Waals surface area contributed by atoms with E-state index in [2.05, 4.69) is 15.1 Å². The van der Waals surface area contributed by atoms with Crippen molar-refractivity contribution in [1.82, 2.24) is 14.7 Å². The first-order valence-electron chi connectivity index (χ1n) is 15.8. The standard InChI is InChI=1S/C35H32F6N4O5S2/c1-43-10-12-44(13-11-43)14-15-50-28-7-4-22(23-17-25(34(36,37)38)20-26(18-23)35(39,40)41)16-24(28)19-29-31(47)45(33(51)52-29)9-8-30(46)42-27-5-2-21(3-6-27)32(48)49/h2-7,16-20H,8-15H2,1H3,(H,42,46)(H,48,49). The number of hydrogen-bond donors (Lipinski definition) is 2. The van der Waals surface area contributed by atoms with Gasteiger partial charge in [-0.1, -0.05) is 30.0 Å². The Kier molecular flexibility index (Phi) is 12.0. The number of carbonyl (C=O) groups is 3. The number of aromatic carboxylic acids is 1. The number of halogens is 6. The van der Waals surface area contributed by atoms with Gasteiger partial charge in [-0.05, 0) is 78.8 Å². The van der Waals surface area contributed by atoms with Crippen LogP contribution in [0.4, 0.5) is 32.0 Å². The summed E-state index contributed by atoms with van der Waals surface area (Å²) in [5.74, 6) is -1.90. The van der Waals surface area contributed by atoms with Gasteiger partial charge >= 0.3 is 18.3 Å². The number of alkyl halides is 6. The molecule has 2 aliphatic heterocycles. The number of ether oxygens (including phenoxy) is 1. The fourth-order valence-corrected chi connectivity index (χ4v) is 6.72. The molecule has 0 aliphatic carbocycles. The molecule has 3 aromatic rings. The Morgan fingerprint density at radius 3 is 2.13 bits per heavy atom. The molecule has 0 radical (unpaired) electrons. The normalized spacial score (nSPS) is 16.8. The Morgan fingerprint density at radius 2 is 1.54 bits per heavy atom. The molecule has 276 valence electrons. The van der Waals surface area contributed by atoms with Crippen molar-refractivity contribution in [1.29, 1.82) is 0 Å². The summed E-state index contributed by atoms with van der Waals surface area (Å²) in [5.41, 5.74) is -2.62. The molecule has 2 amide bonds. The van der Waals surface area contributed by atoms with Gasteiger partial charge in [0.25, 0.3) is 5.91 Å². The molecule has 2 saturated heterocycles. The molecule has 0 saturated carbocycles. The van der Waals surface area contributed by atoms with Crippen LogP contribution in [0.2, 0.25) is 0 Å². The maximum absolute atomic E-state index is 13.7. The van der Waals surface area contributed by atoms with Gasteiger partial charge < -0.3 is 20.1 Å². The molecule has 5 rings (SSSR count). The van der Waals surface area contributed by atoms with E-state index >= 15 is 0 Å². The highest BCUT2D eigenvalue weighted by atomic mass is 32.2. The number of rotatable bonds is 11. The van der Waals surface area contributed by atoms with Crippen molar-refractivity contribution in [3.05, 3.63) is 87.8 Å². The Hall–Kier alpha value is -4.45. The number of thioether (sulfide) groups is 1. The second-order valence-electron chi connectivity index (χ2n) is 12.1. The molecule has 0 spiro atoms. The molecule has 9 nitrogen and oxygen atoms in total. The van der Waals surface area contributed by atoms with E-state index < -0.39 is 41.3 Å². The van der Waals surface area contributed by atoms with Gasteiger partial charge in [0.05, 0.1) is 21.6 Å². The van der Waals surface area contributed by atoms with Crippen molar-refractivity contribution in [3.63, 3.8) is 0 Å². The van der Waals surface area contributed by atoms with Crippen LogP contribution in [-0.2, 0) is 21.9 Å². The Labute approximate surface area is 304 Å². The number of benzene rings is 3. The minimum atomic E-state index is -5.04. The van der Waals surface area contributed by atoms with E-state index in [1.165, 1.54) is 53.4 Å². The third-order valence-corrected chi connectivity index (χ3v) is 9.71. The van der Waals surface area contributed by atoms with Gasteiger partial charge in [-0.25, -0.2) is 4.79 Å². The van der Waals surface area contributed by atoms with Crippen LogP contribution in [0.3, 0.4) is 0 Å². The average Bonchev–Trinajstić information content (AvgIpc) is 3.35. The van der Waals surface area contributed by atoms with Gasteiger partial charge in [0.15, 0.2) is 0 Å². The molecular weight excluding hydrogens is 735 g/mol. The van der Waals surface area contributed by atoms with Crippen LogP contribution in [0.25, 0.3) is 17.2 Å². The molecule has 0 unspecified atom stereocenters. The van der Waals surface area contributed by atoms with Crippen LogP contribution in [-0.4, -0.2) is 94.8 Å². The SMILES string of the molecule is CN1CCN(CCOc2ccc(-c3cc(C(F)(F)F)cc(C(F)(F)F)c3)cc2C=C2SC(=S)N(CCC(=O)Nc3ccc(C(=O)O)cc3)C2=O)CC1. The number of hydrogen-bond acceptors (Lipinski definition) is 8. The van der Waals surface area contributed by atoms with Crippen LogP contribution >= 0.6 is 24.0 Å². The van der Waals surface area contributed by atoms with Crippen molar-refractivity contribution < 1.29 is 50.6 Å². The van der Waals surface area contributed by atoms with Gasteiger partial charge in [0, 0.05) is 56.9 Å². The summed E-state index contributed by atoms with van der Waals surface area (Å²) in [6.07, 6.45) is -8.83. The van der Waals surface area contributed by atoms with Gasteiger partial charge in [0.2, 0.25) is 5.91 Å². The molecule has 0 bridgehead atoms. The summed E-state index contributed by atoms with van der Waals surface area (Å²) in [5, 5.41) is 11.7. The minimum absolute atomic E-state index is 0.0257. The summed E-state index contributed by atoms with van der Waals surface area (Å²) in [6.45, 7) is 4.08. The van der Waals surface area contributed by atoms with Gasteiger partial charge in [-0.15, -0.1) is 0 Å². The molecule has 2 N–H and O–H groups in total. The molecule has 0 aromatic heterocycles. The molecule has 52 heavy (non-hydrogen) atoms. The number of carboxylic acids is 1. The van der Waals surface area contributed by atoms with Crippen LogP contribution < -0.4 is 10.1 Å². The smallest absolute Gasteiger partial charge is 0.416 e. The maximum atomic E-state index is 13.7. The molecule has 2 aliphatic rings. The first kappa shape index (κ1) is 38.8. The quantitative estimate of drug-likeness (QED) is 0.122. The Bertz CT molecular complexity index is 1840. The number of nitrogens with zero attached hydrogens (tertiary/aromatic N) is 3. The highest BCUT2D eigenvalue weighted by Gasteiger charge is 2.37. The van der Waals surface area contributed by atoms with E-state index in [1.54, 1.807) is 0 Å². The maximum Gasteiger partial charge on any atom is 0.416 e. The van der Waals surface area contributed by atoms with E-state index in [-0.39, 0.29) is 62.9 Å². The number of nitrogens with one attached hydrogen (secondary N) is 1. The molecule has 2 heterocycles. The Morgan fingerprint density at radius 1 is 0.904 bits per heavy atom. The summed E-state index contributed by atoms with van der Waals surface area (Å²) in [4.78, 5) is 42.8. The number of anilines is 1. The lowest BCUT2D eigenvalue weighted by molar-refractivity contribution is -0.143. The second kappa shape index (κ2) is 16.1. The lowest BCUT2D eigenvalue weighted by atomic mass is 9.97. The summed E-state index contributed by atoms with van der Waals surface area (Å²) in [7, 11) is 2.02. The largest absolute Gasteiger partial charge is 0.492 e. The third kappa shape index (κ3) is 9.90. The number of carbonyl (C=O) groups excluding carboxylic acids is 2. The zero-order valence-electron chi connectivity index (χ0n) is 27.5. The van der Waals surface area contributed by atoms with Crippen molar-refractivity contribution in [2.45, 2.75) is 18.8 Å². The molecular formula is C35H32F6N4O5S2. The lowest BCUT2D eigenvalue weighted by Gasteiger charge is -2.32. The fourth-order valence-electron chi connectivity index (χ4n) is 5.42. The second-order valence-corrected chi connectivity index (χ2v) is 13.7. The number of likely N-dealkylation sites (N-methyl/N-ethyl adjacent to an activating group) is 1. The van der Waals surface area contributed by atoms with Crippen molar-refractivity contribution in [3.8, 4) is 16.9 Å². The predicted molar refractivity (Wildman–Crippen MR) is 188 cm³/mol. The van der Waals surface area contributed by atoms with Crippen LogP contribution in [0, 0.1) is 0 Å². The molecule has 2 fully saturated rings. The number of piperazine rings is 1. The van der Waals surface area contributed by atoms with E-state index in [0.717, 1.165) is 37.9 Å². The first-order valence-corrected chi connectivity index (χ1v) is 17.1. The van der Waals surface area contributed by atoms with Crippen LogP contribution in [0.15, 0.2) is 65.6 Å². The van der Waals surface area contributed by atoms with Crippen LogP contribution in [0.1, 0.15) is 33.5 Å². The summed E-state index contributed by atoms with van der Waals surface area (Å²) >= 11 is 6.32. The van der Waals surface area contributed by atoms with E-state index in [1.807, 2.05) is 7.05 Å². The van der Waals surface area contributed by atoms with E-state index in [0.29, 0.717) is 24.4 Å². The topological polar surface area (TPSA) is 102 Å². The minimum Gasteiger partial charge on any atom is -0.492 e. The van der Waals surface area contributed by atoms with Crippen LogP contribution in [0.5, 0.6) is 5.75 Å². The van der Waals surface area contributed by atoms with Gasteiger partial charge in [-0.3, -0.25) is 19.4 Å². The van der Waals surface area contributed by atoms with Gasteiger partial charge in [-0.2, -0.15) is 26.3 Å². The van der Waals surface area contributed by atoms with E-state index in [9.17, 15) is 40.7 Å². The number of amides is 2. The highest BCUT2D eigenvalue weighted by molar-refractivity contribution is 8.26. The number of thiocarbonyl (C=S) groups is 1. The number of carboxylic acid groups (broad SMARTS) is 1. The summed E-state index contributed by atoms with van der Waals surface area (Å²) in [6, 6.07) is 11.0. The van der Waals surface area contributed by atoms with Crippen molar-refractivity contribution in [2.75, 3.05) is 58.2 Å². The van der Waals surface area contributed by atoms with E-state index in [4.69, 9.17) is 22.1 Å². The van der Waals surface area contributed by atoms with Crippen molar-refractivity contribution in [2.24, 2.45) is 0 Å². The average molecular weight is 767 g/mol. The lowest BCUT2D eigenvalue weighted by Crippen LogP contribution is -2.45.